The van der Waals surface area contributed by atoms with Gasteiger partial charge in [-0.15, -0.1) is 0 Å². The molecule has 1 atom stereocenters. The van der Waals surface area contributed by atoms with Gasteiger partial charge in [-0.05, 0) is 29.8 Å². The van der Waals surface area contributed by atoms with Crippen molar-refractivity contribution in [2.75, 3.05) is 6.54 Å². The molecule has 0 bridgehead atoms. The Morgan fingerprint density at radius 2 is 1.79 bits per heavy atom. The first kappa shape index (κ1) is 13.5. The van der Waals surface area contributed by atoms with Crippen LogP contribution in [0.2, 0.25) is 0 Å². The fourth-order valence-electron chi connectivity index (χ4n) is 1.58. The van der Waals surface area contributed by atoms with Crippen molar-refractivity contribution in [3.05, 3.63) is 59.7 Å². The first-order chi connectivity index (χ1) is 9.10. The first-order valence-electron chi connectivity index (χ1n) is 5.71. The highest BCUT2D eigenvalue weighted by molar-refractivity contribution is 5.34. The van der Waals surface area contributed by atoms with Crippen LogP contribution in [-0.2, 0) is 0 Å². The average molecular weight is 265 g/mol. The largest absolute Gasteiger partial charge is 0.454 e. The van der Waals surface area contributed by atoms with E-state index in [0.717, 1.165) is 12.1 Å². The molecule has 1 unspecified atom stereocenters. The highest BCUT2D eigenvalue weighted by Gasteiger charge is 2.08. The Kier molecular flexibility index (Phi) is 4.09. The molecule has 0 aliphatic rings. The van der Waals surface area contributed by atoms with Gasteiger partial charge in [-0.25, -0.2) is 8.78 Å². The number of aliphatic hydroxyl groups excluding tert-OH is 1. The van der Waals surface area contributed by atoms with Gasteiger partial charge in [0, 0.05) is 12.6 Å². The summed E-state index contributed by atoms with van der Waals surface area (Å²) < 4.78 is 31.4. The molecule has 0 aliphatic heterocycles. The fraction of sp³-hybridized carbons (Fsp3) is 0.143. The molecule has 0 saturated carbocycles. The van der Waals surface area contributed by atoms with Crippen LogP contribution in [0.25, 0.3) is 0 Å². The van der Waals surface area contributed by atoms with Crippen molar-refractivity contribution < 1.29 is 18.6 Å². The molecule has 100 valence electrons. The topological polar surface area (TPSA) is 55.5 Å². The molecular formula is C14H13F2NO2. The number of halogens is 2. The summed E-state index contributed by atoms with van der Waals surface area (Å²) >= 11 is 0. The number of nitrogens with two attached hydrogens (primary N) is 1. The molecule has 2 rings (SSSR count). The second-order valence-electron chi connectivity index (χ2n) is 4.00. The molecule has 0 heterocycles. The first-order valence-corrected chi connectivity index (χ1v) is 5.71. The molecule has 3 N–H and O–H groups in total. The number of aliphatic hydroxyl groups is 1. The molecule has 0 fully saturated rings. The summed E-state index contributed by atoms with van der Waals surface area (Å²) in [6, 6.07) is 9.51. The van der Waals surface area contributed by atoms with E-state index in [0.29, 0.717) is 11.3 Å². The van der Waals surface area contributed by atoms with Crippen molar-refractivity contribution in [2.45, 2.75) is 6.10 Å². The molecule has 2 aromatic rings. The van der Waals surface area contributed by atoms with Gasteiger partial charge in [-0.3, -0.25) is 0 Å². The summed E-state index contributed by atoms with van der Waals surface area (Å²) in [4.78, 5) is 0. The Labute approximate surface area is 109 Å². The average Bonchev–Trinajstić information content (AvgIpc) is 2.42. The molecule has 0 aromatic heterocycles. The lowest BCUT2D eigenvalue weighted by atomic mass is 10.1. The van der Waals surface area contributed by atoms with Gasteiger partial charge in [-0.1, -0.05) is 12.1 Å². The van der Waals surface area contributed by atoms with Crippen LogP contribution in [-0.4, -0.2) is 11.7 Å². The van der Waals surface area contributed by atoms with E-state index >= 15 is 0 Å². The van der Waals surface area contributed by atoms with Gasteiger partial charge in [0.05, 0.1) is 6.10 Å². The molecule has 0 radical (unpaired) electrons. The minimum absolute atomic E-state index is 0.0616. The Bertz CT molecular complexity index is 558. The highest BCUT2D eigenvalue weighted by Crippen LogP contribution is 2.26. The van der Waals surface area contributed by atoms with Crippen LogP contribution >= 0.6 is 0 Å². The van der Waals surface area contributed by atoms with Crippen LogP contribution in [0.5, 0.6) is 11.5 Å². The summed E-state index contributed by atoms with van der Waals surface area (Å²) in [5, 5.41) is 9.52. The summed E-state index contributed by atoms with van der Waals surface area (Å²) in [6.07, 6.45) is -0.739. The van der Waals surface area contributed by atoms with Crippen molar-refractivity contribution in [1.29, 1.82) is 0 Å². The maximum absolute atomic E-state index is 13.4. The third-order valence-electron chi connectivity index (χ3n) is 2.61. The Morgan fingerprint density at radius 1 is 1.11 bits per heavy atom. The monoisotopic (exact) mass is 265 g/mol. The molecule has 2 aromatic carbocycles. The Morgan fingerprint density at radius 3 is 2.37 bits per heavy atom. The number of hydrogen-bond acceptors (Lipinski definition) is 3. The Balaban J connectivity index is 2.15. The summed E-state index contributed by atoms with van der Waals surface area (Å²) in [6.45, 7) is 0.118. The predicted molar refractivity (Wildman–Crippen MR) is 66.9 cm³/mol. The van der Waals surface area contributed by atoms with Crippen LogP contribution in [0, 0.1) is 11.6 Å². The van der Waals surface area contributed by atoms with Gasteiger partial charge < -0.3 is 15.6 Å². The van der Waals surface area contributed by atoms with E-state index in [9.17, 15) is 13.9 Å². The van der Waals surface area contributed by atoms with E-state index in [1.807, 2.05) is 0 Å². The lowest BCUT2D eigenvalue weighted by Crippen LogP contribution is -2.11. The normalized spacial score (nSPS) is 12.2. The Hall–Kier alpha value is -1.98. The van der Waals surface area contributed by atoms with E-state index in [1.165, 1.54) is 6.07 Å². The number of ether oxygens (including phenoxy) is 1. The van der Waals surface area contributed by atoms with Crippen molar-refractivity contribution >= 4 is 0 Å². The molecule has 0 amide bonds. The lowest BCUT2D eigenvalue weighted by Gasteiger charge is -2.10. The smallest absolute Gasteiger partial charge is 0.168 e. The van der Waals surface area contributed by atoms with E-state index < -0.39 is 17.7 Å². The molecule has 0 aliphatic carbocycles. The van der Waals surface area contributed by atoms with E-state index in [2.05, 4.69) is 0 Å². The van der Waals surface area contributed by atoms with Gasteiger partial charge in [0.25, 0.3) is 0 Å². The van der Waals surface area contributed by atoms with Gasteiger partial charge in [0.1, 0.15) is 11.6 Å². The molecule has 5 heteroatoms. The number of rotatable bonds is 4. The van der Waals surface area contributed by atoms with Crippen molar-refractivity contribution in [3.8, 4) is 11.5 Å². The third-order valence-corrected chi connectivity index (χ3v) is 2.61. The highest BCUT2D eigenvalue weighted by atomic mass is 19.1. The van der Waals surface area contributed by atoms with Gasteiger partial charge >= 0.3 is 0 Å². The summed E-state index contributed by atoms with van der Waals surface area (Å²) in [5.74, 6) is -1.11. The number of hydrogen-bond donors (Lipinski definition) is 2. The van der Waals surface area contributed by atoms with Gasteiger partial charge in [0.2, 0.25) is 0 Å². The summed E-state index contributed by atoms with van der Waals surface area (Å²) in [5.41, 5.74) is 5.98. The van der Waals surface area contributed by atoms with Crippen molar-refractivity contribution in [2.24, 2.45) is 5.73 Å². The lowest BCUT2D eigenvalue weighted by molar-refractivity contribution is 0.186. The minimum atomic E-state index is -0.772. The van der Waals surface area contributed by atoms with E-state index in [4.69, 9.17) is 10.5 Å². The standard InChI is InChI=1S/C14H13F2NO2/c15-10-3-6-14(12(16)7-10)19-11-4-1-9(2-5-11)13(18)8-17/h1-7,13,18H,8,17H2. The zero-order valence-corrected chi connectivity index (χ0v) is 10.0. The van der Waals surface area contributed by atoms with E-state index in [-0.39, 0.29) is 12.3 Å². The predicted octanol–water partition coefficient (Wildman–Crippen LogP) is 2.75. The van der Waals surface area contributed by atoms with Crippen LogP contribution < -0.4 is 10.5 Å². The number of benzene rings is 2. The SMILES string of the molecule is NCC(O)c1ccc(Oc2ccc(F)cc2F)cc1. The van der Waals surface area contributed by atoms with Crippen LogP contribution in [0.4, 0.5) is 8.78 Å². The maximum atomic E-state index is 13.4. The zero-order chi connectivity index (χ0) is 13.8. The molecule has 19 heavy (non-hydrogen) atoms. The van der Waals surface area contributed by atoms with Crippen molar-refractivity contribution in [3.63, 3.8) is 0 Å². The second kappa shape index (κ2) is 5.77. The molecule has 3 nitrogen and oxygen atoms in total. The summed E-state index contributed by atoms with van der Waals surface area (Å²) in [7, 11) is 0. The quantitative estimate of drug-likeness (QED) is 0.893. The van der Waals surface area contributed by atoms with Crippen LogP contribution in [0.15, 0.2) is 42.5 Å². The second-order valence-corrected chi connectivity index (χ2v) is 4.00. The molecule has 0 saturated heterocycles. The fourth-order valence-corrected chi connectivity index (χ4v) is 1.58. The molecular weight excluding hydrogens is 252 g/mol. The van der Waals surface area contributed by atoms with Crippen molar-refractivity contribution in [1.82, 2.24) is 0 Å². The minimum Gasteiger partial charge on any atom is -0.454 e. The van der Waals surface area contributed by atoms with Gasteiger partial charge in [0.15, 0.2) is 11.6 Å². The molecule has 0 spiro atoms. The van der Waals surface area contributed by atoms with Crippen LogP contribution in [0.1, 0.15) is 11.7 Å². The third kappa shape index (κ3) is 3.27. The van der Waals surface area contributed by atoms with Gasteiger partial charge in [-0.2, -0.15) is 0 Å². The van der Waals surface area contributed by atoms with E-state index in [1.54, 1.807) is 24.3 Å². The zero-order valence-electron chi connectivity index (χ0n) is 10.0. The maximum Gasteiger partial charge on any atom is 0.168 e. The van der Waals surface area contributed by atoms with Crippen LogP contribution in [0.3, 0.4) is 0 Å².